The van der Waals surface area contributed by atoms with E-state index in [2.05, 4.69) is 15.0 Å². The normalized spacial score (nSPS) is 20.1. The Labute approximate surface area is 126 Å². The van der Waals surface area contributed by atoms with E-state index in [1.807, 2.05) is 0 Å². The summed E-state index contributed by atoms with van der Waals surface area (Å²) in [4.78, 5) is 4.28. The number of piperidine rings is 1. The monoisotopic (exact) mass is 331 g/mol. The number of sulfonamides is 1. The second-order valence-corrected chi connectivity index (χ2v) is 8.17. The minimum absolute atomic E-state index is 0.396. The van der Waals surface area contributed by atoms with Crippen LogP contribution in [0.3, 0.4) is 0 Å². The first-order chi connectivity index (χ1) is 9.54. The molecule has 20 heavy (non-hydrogen) atoms. The summed E-state index contributed by atoms with van der Waals surface area (Å²) < 4.78 is 28.0. The third-order valence-electron chi connectivity index (χ3n) is 3.27. The molecule has 1 aromatic heterocycles. The van der Waals surface area contributed by atoms with Gasteiger partial charge in [-0.25, -0.2) is 13.4 Å². The van der Waals surface area contributed by atoms with Crippen LogP contribution >= 0.6 is 22.9 Å². The summed E-state index contributed by atoms with van der Waals surface area (Å²) in [7, 11) is -3.39. The molecule has 2 heterocycles. The van der Waals surface area contributed by atoms with Crippen molar-refractivity contribution in [2.75, 3.05) is 17.8 Å². The number of anilines is 1. The average molecular weight is 332 g/mol. The molecule has 1 atom stereocenters. The van der Waals surface area contributed by atoms with Gasteiger partial charge in [-0.05, 0) is 37.6 Å². The molecule has 0 radical (unpaired) electrons. The standard InChI is InChI=1S/C12H14ClN3O2S2/c13-8-3-4-10-11(6-8)19-12(15-10)16-20(17,18)9-2-1-5-14-7-9/h3-4,6,9,14H,1-2,5,7H2,(H,15,16). The number of nitrogens with zero attached hydrogens (tertiary/aromatic N) is 1. The Morgan fingerprint density at radius 1 is 1.45 bits per heavy atom. The minimum Gasteiger partial charge on any atom is -0.315 e. The van der Waals surface area contributed by atoms with Gasteiger partial charge < -0.3 is 5.32 Å². The molecule has 0 aliphatic carbocycles. The van der Waals surface area contributed by atoms with Gasteiger partial charge in [0.2, 0.25) is 10.0 Å². The lowest BCUT2D eigenvalue weighted by Crippen LogP contribution is -2.41. The quantitative estimate of drug-likeness (QED) is 0.906. The van der Waals surface area contributed by atoms with Crippen LogP contribution in [0.2, 0.25) is 5.02 Å². The van der Waals surface area contributed by atoms with Crippen molar-refractivity contribution in [3.63, 3.8) is 0 Å². The Bertz CT molecular complexity index is 723. The van der Waals surface area contributed by atoms with Gasteiger partial charge in [0.05, 0.1) is 15.5 Å². The van der Waals surface area contributed by atoms with Crippen molar-refractivity contribution in [1.82, 2.24) is 10.3 Å². The summed E-state index contributed by atoms with van der Waals surface area (Å²) in [5, 5.41) is 3.72. The van der Waals surface area contributed by atoms with Gasteiger partial charge >= 0.3 is 0 Å². The molecule has 1 saturated heterocycles. The van der Waals surface area contributed by atoms with Gasteiger partial charge in [-0.1, -0.05) is 22.9 Å². The van der Waals surface area contributed by atoms with E-state index in [4.69, 9.17) is 11.6 Å². The Kier molecular flexibility index (Phi) is 3.85. The van der Waals surface area contributed by atoms with Crippen molar-refractivity contribution >= 4 is 48.3 Å². The smallest absolute Gasteiger partial charge is 0.238 e. The zero-order chi connectivity index (χ0) is 14.2. The molecule has 1 aliphatic heterocycles. The molecule has 1 aliphatic rings. The number of benzene rings is 1. The molecule has 5 nitrogen and oxygen atoms in total. The maximum Gasteiger partial charge on any atom is 0.238 e. The highest BCUT2D eigenvalue weighted by molar-refractivity contribution is 7.93. The Hall–Kier alpha value is -0.890. The van der Waals surface area contributed by atoms with Crippen LogP contribution in [0.25, 0.3) is 10.2 Å². The van der Waals surface area contributed by atoms with Crippen LogP contribution in [0.4, 0.5) is 5.13 Å². The van der Waals surface area contributed by atoms with Crippen molar-refractivity contribution in [2.24, 2.45) is 0 Å². The third-order valence-corrected chi connectivity index (χ3v) is 6.33. The first-order valence-corrected chi connectivity index (χ1v) is 9.07. The van der Waals surface area contributed by atoms with E-state index in [-0.39, 0.29) is 0 Å². The van der Waals surface area contributed by atoms with Crippen LogP contribution in [0.1, 0.15) is 12.8 Å². The number of halogens is 1. The molecule has 0 spiro atoms. The minimum atomic E-state index is -3.39. The Balaban J connectivity index is 1.84. The average Bonchev–Trinajstić information content (AvgIpc) is 2.80. The summed E-state index contributed by atoms with van der Waals surface area (Å²) in [6, 6.07) is 5.32. The van der Waals surface area contributed by atoms with Crippen molar-refractivity contribution < 1.29 is 8.42 Å². The van der Waals surface area contributed by atoms with Crippen molar-refractivity contribution in [3.8, 4) is 0 Å². The fraction of sp³-hybridized carbons (Fsp3) is 0.417. The Morgan fingerprint density at radius 3 is 3.05 bits per heavy atom. The van der Waals surface area contributed by atoms with Crippen molar-refractivity contribution in [3.05, 3.63) is 23.2 Å². The number of nitrogens with one attached hydrogen (secondary N) is 2. The molecule has 8 heteroatoms. The lowest BCUT2D eigenvalue weighted by atomic mass is 10.2. The highest BCUT2D eigenvalue weighted by atomic mass is 35.5. The molecule has 2 N–H and O–H groups in total. The number of rotatable bonds is 3. The largest absolute Gasteiger partial charge is 0.315 e. The van der Waals surface area contributed by atoms with E-state index in [1.165, 1.54) is 11.3 Å². The van der Waals surface area contributed by atoms with Crippen LogP contribution in [-0.2, 0) is 10.0 Å². The summed E-state index contributed by atoms with van der Waals surface area (Å²) in [6.45, 7) is 1.37. The number of hydrogen-bond donors (Lipinski definition) is 2. The van der Waals surface area contributed by atoms with E-state index < -0.39 is 15.3 Å². The topological polar surface area (TPSA) is 71.1 Å². The number of fused-ring (bicyclic) bond motifs is 1. The lowest BCUT2D eigenvalue weighted by Gasteiger charge is -2.22. The molecule has 0 saturated carbocycles. The highest BCUT2D eigenvalue weighted by Gasteiger charge is 2.27. The van der Waals surface area contributed by atoms with Gasteiger partial charge in [0.15, 0.2) is 5.13 Å². The molecular formula is C12H14ClN3O2S2. The second kappa shape index (κ2) is 5.48. The van der Waals surface area contributed by atoms with Gasteiger partial charge in [-0.3, -0.25) is 4.72 Å². The van der Waals surface area contributed by atoms with E-state index in [0.29, 0.717) is 23.1 Å². The summed E-state index contributed by atoms with van der Waals surface area (Å²) in [6.07, 6.45) is 1.56. The van der Waals surface area contributed by atoms with Crippen LogP contribution in [0.5, 0.6) is 0 Å². The fourth-order valence-corrected chi connectivity index (χ4v) is 5.01. The van der Waals surface area contributed by atoms with Crippen LogP contribution < -0.4 is 10.0 Å². The zero-order valence-electron chi connectivity index (χ0n) is 10.6. The van der Waals surface area contributed by atoms with Crippen LogP contribution in [0.15, 0.2) is 18.2 Å². The van der Waals surface area contributed by atoms with Crippen LogP contribution in [-0.4, -0.2) is 31.7 Å². The predicted molar refractivity (Wildman–Crippen MR) is 83.1 cm³/mol. The van der Waals surface area contributed by atoms with E-state index in [1.54, 1.807) is 18.2 Å². The maximum absolute atomic E-state index is 12.3. The van der Waals surface area contributed by atoms with E-state index in [0.717, 1.165) is 23.2 Å². The van der Waals surface area contributed by atoms with Crippen molar-refractivity contribution in [1.29, 1.82) is 0 Å². The number of thiazole rings is 1. The molecule has 1 aromatic carbocycles. The molecule has 1 fully saturated rings. The molecule has 0 bridgehead atoms. The summed E-state index contributed by atoms with van der Waals surface area (Å²) in [5.74, 6) is 0. The first kappa shape index (κ1) is 14.1. The van der Waals surface area contributed by atoms with Crippen LogP contribution in [0, 0.1) is 0 Å². The molecular weight excluding hydrogens is 318 g/mol. The molecule has 108 valence electrons. The SMILES string of the molecule is O=S(=O)(Nc1nc2ccc(Cl)cc2s1)C1CCCNC1. The van der Waals surface area contributed by atoms with Gasteiger partial charge in [-0.2, -0.15) is 0 Å². The first-order valence-electron chi connectivity index (χ1n) is 6.33. The van der Waals surface area contributed by atoms with Gasteiger partial charge in [0.25, 0.3) is 0 Å². The number of aromatic nitrogens is 1. The summed E-state index contributed by atoms with van der Waals surface area (Å²) in [5.41, 5.74) is 0.749. The maximum atomic E-state index is 12.3. The predicted octanol–water partition coefficient (Wildman–Crippen LogP) is 2.44. The molecule has 3 rings (SSSR count). The molecule has 1 unspecified atom stereocenters. The third kappa shape index (κ3) is 2.90. The fourth-order valence-electron chi connectivity index (χ4n) is 2.23. The molecule has 2 aromatic rings. The highest BCUT2D eigenvalue weighted by Crippen LogP contribution is 2.29. The Morgan fingerprint density at radius 2 is 2.30 bits per heavy atom. The van der Waals surface area contributed by atoms with Gasteiger partial charge in [0.1, 0.15) is 0 Å². The second-order valence-electron chi connectivity index (χ2n) is 4.75. The number of hydrogen-bond acceptors (Lipinski definition) is 5. The van der Waals surface area contributed by atoms with Gasteiger partial charge in [0, 0.05) is 11.6 Å². The zero-order valence-corrected chi connectivity index (χ0v) is 13.0. The summed E-state index contributed by atoms with van der Waals surface area (Å²) >= 11 is 7.21. The lowest BCUT2D eigenvalue weighted by molar-refractivity contribution is 0.499. The molecule has 0 amide bonds. The van der Waals surface area contributed by atoms with Crippen molar-refractivity contribution in [2.45, 2.75) is 18.1 Å². The van der Waals surface area contributed by atoms with E-state index >= 15 is 0 Å². The van der Waals surface area contributed by atoms with E-state index in [9.17, 15) is 8.42 Å². The van der Waals surface area contributed by atoms with Gasteiger partial charge in [-0.15, -0.1) is 0 Å².